The molecule has 130 valence electrons. The zero-order chi connectivity index (χ0) is 18.5. The third-order valence-corrected chi connectivity index (χ3v) is 4.16. The van der Waals surface area contributed by atoms with Gasteiger partial charge in [-0.25, -0.2) is 4.79 Å². The smallest absolute Gasteiger partial charge is 0.335 e. The van der Waals surface area contributed by atoms with Crippen LogP contribution >= 0.6 is 0 Å². The Hall–Kier alpha value is -3.59. The van der Waals surface area contributed by atoms with Gasteiger partial charge in [0.05, 0.1) is 5.56 Å². The van der Waals surface area contributed by atoms with E-state index in [2.05, 4.69) is 5.32 Å². The van der Waals surface area contributed by atoms with Gasteiger partial charge in [0.25, 0.3) is 5.91 Å². The van der Waals surface area contributed by atoms with Crippen LogP contribution in [0.3, 0.4) is 0 Å². The van der Waals surface area contributed by atoms with Crippen LogP contribution in [0.1, 0.15) is 22.3 Å². The van der Waals surface area contributed by atoms with Gasteiger partial charge in [-0.1, -0.05) is 24.3 Å². The van der Waals surface area contributed by atoms with E-state index in [1.165, 1.54) is 23.8 Å². The van der Waals surface area contributed by atoms with Crippen molar-refractivity contribution in [3.63, 3.8) is 0 Å². The highest BCUT2D eigenvalue weighted by molar-refractivity contribution is 6.07. The molecule has 2 aromatic carbocycles. The van der Waals surface area contributed by atoms with E-state index in [1.54, 1.807) is 12.3 Å². The lowest BCUT2D eigenvalue weighted by atomic mass is 10.0. The summed E-state index contributed by atoms with van der Waals surface area (Å²) < 4.78 is 0. The van der Waals surface area contributed by atoms with Crippen LogP contribution in [0.2, 0.25) is 0 Å². The molecule has 0 unspecified atom stereocenters. The van der Waals surface area contributed by atoms with Crippen LogP contribution in [0.15, 0.2) is 60.3 Å². The number of aryl methyl sites for hydroxylation is 1. The zero-order valence-corrected chi connectivity index (χ0v) is 14.0. The average Bonchev–Trinajstić information content (AvgIpc) is 2.66. The Kier molecular flexibility index (Phi) is 4.99. The molecule has 2 N–H and O–H groups in total. The Morgan fingerprint density at radius 1 is 1.19 bits per heavy atom. The van der Waals surface area contributed by atoms with Gasteiger partial charge in [0, 0.05) is 24.1 Å². The number of para-hydroxylation sites is 1. The molecule has 2 aromatic rings. The molecular formula is C20H17N3O3. The fourth-order valence-corrected chi connectivity index (χ4v) is 2.92. The van der Waals surface area contributed by atoms with Crippen molar-refractivity contribution in [3.8, 4) is 6.07 Å². The largest absolute Gasteiger partial charge is 0.478 e. The number of carbonyl (C=O) groups is 2. The molecule has 0 atom stereocenters. The molecule has 0 saturated carbocycles. The van der Waals surface area contributed by atoms with Crippen LogP contribution in [0.25, 0.3) is 0 Å². The van der Waals surface area contributed by atoms with Crippen LogP contribution in [0, 0.1) is 11.3 Å². The van der Waals surface area contributed by atoms with Crippen molar-refractivity contribution in [3.05, 3.63) is 71.4 Å². The van der Waals surface area contributed by atoms with Crippen molar-refractivity contribution in [1.82, 2.24) is 0 Å². The molecule has 1 heterocycles. The first kappa shape index (κ1) is 17.2. The molecule has 0 aromatic heterocycles. The molecule has 0 bridgehead atoms. The molecule has 6 nitrogen and oxygen atoms in total. The maximum Gasteiger partial charge on any atom is 0.335 e. The number of benzene rings is 2. The predicted molar refractivity (Wildman–Crippen MR) is 97.8 cm³/mol. The zero-order valence-electron chi connectivity index (χ0n) is 14.0. The molecule has 1 amide bonds. The molecule has 0 fully saturated rings. The summed E-state index contributed by atoms with van der Waals surface area (Å²) in [5.41, 5.74) is 2.53. The molecule has 26 heavy (non-hydrogen) atoms. The molecule has 1 aliphatic rings. The quantitative estimate of drug-likeness (QED) is 0.654. The average molecular weight is 347 g/mol. The van der Waals surface area contributed by atoms with E-state index in [4.69, 9.17) is 5.11 Å². The highest BCUT2D eigenvalue weighted by Gasteiger charge is 2.18. The van der Waals surface area contributed by atoms with Gasteiger partial charge in [-0.05, 0) is 42.7 Å². The Bertz CT molecular complexity index is 928. The Morgan fingerprint density at radius 3 is 2.77 bits per heavy atom. The molecule has 0 spiro atoms. The van der Waals surface area contributed by atoms with Gasteiger partial charge >= 0.3 is 5.97 Å². The number of hydrogen-bond acceptors (Lipinski definition) is 4. The summed E-state index contributed by atoms with van der Waals surface area (Å²) in [7, 11) is 0. The first-order chi connectivity index (χ1) is 12.6. The standard InChI is InChI=1S/C20H17N3O3/c21-12-16(13-23-10-4-7-14-5-1-2-9-18(14)23)19(24)22-17-8-3-6-15(11-17)20(25)26/h1-3,5-6,8-9,11,13H,4,7,10H2,(H,22,24)(H,25,26)/b16-13-. The Labute approximate surface area is 151 Å². The highest BCUT2D eigenvalue weighted by atomic mass is 16.4. The minimum absolute atomic E-state index is 0.0394. The van der Waals surface area contributed by atoms with Crippen molar-refractivity contribution < 1.29 is 14.7 Å². The summed E-state index contributed by atoms with van der Waals surface area (Å²) in [6, 6.07) is 15.7. The van der Waals surface area contributed by atoms with Gasteiger partial charge in [-0.2, -0.15) is 5.26 Å². The van der Waals surface area contributed by atoms with Crippen LogP contribution in [-0.4, -0.2) is 23.5 Å². The maximum atomic E-state index is 12.4. The molecule has 0 radical (unpaired) electrons. The fraction of sp³-hybridized carbons (Fsp3) is 0.150. The number of fused-ring (bicyclic) bond motifs is 1. The number of nitrogens with zero attached hydrogens (tertiary/aromatic N) is 2. The number of nitriles is 1. The van der Waals surface area contributed by atoms with E-state index in [-0.39, 0.29) is 11.1 Å². The molecule has 3 rings (SSSR count). The Morgan fingerprint density at radius 2 is 2.00 bits per heavy atom. The topological polar surface area (TPSA) is 93.4 Å². The van der Waals surface area contributed by atoms with Crippen LogP contribution in [0.4, 0.5) is 11.4 Å². The van der Waals surface area contributed by atoms with E-state index in [0.717, 1.165) is 25.1 Å². The van der Waals surface area contributed by atoms with Gasteiger partial charge in [0.2, 0.25) is 0 Å². The molecule has 0 saturated heterocycles. The van der Waals surface area contributed by atoms with Crippen LogP contribution < -0.4 is 10.2 Å². The van der Waals surface area contributed by atoms with E-state index >= 15 is 0 Å². The monoisotopic (exact) mass is 347 g/mol. The number of rotatable bonds is 4. The van der Waals surface area contributed by atoms with Crippen LogP contribution in [-0.2, 0) is 11.2 Å². The minimum Gasteiger partial charge on any atom is -0.478 e. The van der Waals surface area contributed by atoms with E-state index in [9.17, 15) is 14.9 Å². The van der Waals surface area contributed by atoms with Gasteiger partial charge in [-0.3, -0.25) is 4.79 Å². The predicted octanol–water partition coefficient (Wildman–Crippen LogP) is 3.18. The lowest BCUT2D eigenvalue weighted by molar-refractivity contribution is -0.112. The third kappa shape index (κ3) is 3.73. The van der Waals surface area contributed by atoms with Crippen molar-refractivity contribution in [2.75, 3.05) is 16.8 Å². The second kappa shape index (κ2) is 7.53. The summed E-state index contributed by atoms with van der Waals surface area (Å²) in [6.07, 6.45) is 3.46. The maximum absolute atomic E-state index is 12.4. The van der Waals surface area contributed by atoms with Gasteiger partial charge in [0.15, 0.2) is 0 Å². The number of carboxylic acids is 1. The number of hydrogen-bond donors (Lipinski definition) is 2. The first-order valence-corrected chi connectivity index (χ1v) is 8.19. The SMILES string of the molecule is N#C/C(=C/N1CCCc2ccccc21)C(=O)Nc1cccc(C(=O)O)c1. The number of nitrogens with one attached hydrogen (secondary N) is 1. The van der Waals surface area contributed by atoms with E-state index in [0.29, 0.717) is 5.69 Å². The summed E-state index contributed by atoms with van der Waals surface area (Å²) in [5, 5.41) is 21.0. The van der Waals surface area contributed by atoms with Crippen molar-refractivity contribution in [1.29, 1.82) is 5.26 Å². The van der Waals surface area contributed by atoms with Crippen molar-refractivity contribution >= 4 is 23.3 Å². The summed E-state index contributed by atoms with van der Waals surface area (Å²) in [6.45, 7) is 0.726. The molecular weight excluding hydrogens is 330 g/mol. The molecule has 6 heteroatoms. The number of aromatic carboxylic acids is 1. The Balaban J connectivity index is 1.82. The second-order valence-electron chi connectivity index (χ2n) is 5.92. The minimum atomic E-state index is -1.08. The van der Waals surface area contributed by atoms with E-state index < -0.39 is 11.9 Å². The fourth-order valence-electron chi connectivity index (χ4n) is 2.92. The number of carboxylic acid groups (broad SMARTS) is 1. The van der Waals surface area contributed by atoms with Gasteiger partial charge < -0.3 is 15.3 Å². The normalized spacial score (nSPS) is 13.5. The highest BCUT2D eigenvalue weighted by Crippen LogP contribution is 2.27. The number of anilines is 2. The summed E-state index contributed by atoms with van der Waals surface area (Å²) in [4.78, 5) is 25.4. The van der Waals surface area contributed by atoms with Crippen molar-refractivity contribution in [2.45, 2.75) is 12.8 Å². The van der Waals surface area contributed by atoms with Gasteiger partial charge in [-0.15, -0.1) is 0 Å². The molecule has 1 aliphatic heterocycles. The van der Waals surface area contributed by atoms with Gasteiger partial charge in [0.1, 0.15) is 11.6 Å². The van der Waals surface area contributed by atoms with E-state index in [1.807, 2.05) is 35.2 Å². The summed E-state index contributed by atoms with van der Waals surface area (Å²) >= 11 is 0. The van der Waals surface area contributed by atoms with Crippen LogP contribution in [0.5, 0.6) is 0 Å². The lowest BCUT2D eigenvalue weighted by Crippen LogP contribution is -2.26. The first-order valence-electron chi connectivity index (χ1n) is 8.19. The molecule has 0 aliphatic carbocycles. The number of carbonyl (C=O) groups excluding carboxylic acids is 1. The second-order valence-corrected chi connectivity index (χ2v) is 5.92. The summed E-state index contributed by atoms with van der Waals surface area (Å²) in [5.74, 6) is -1.65. The lowest BCUT2D eigenvalue weighted by Gasteiger charge is -2.28. The van der Waals surface area contributed by atoms with Crippen molar-refractivity contribution in [2.24, 2.45) is 0 Å². The number of amides is 1. The third-order valence-electron chi connectivity index (χ3n) is 4.16.